The number of aryl methyl sites for hydroxylation is 3. The molecule has 0 unspecified atom stereocenters. The van der Waals surface area contributed by atoms with Gasteiger partial charge in [-0.1, -0.05) is 67.1 Å². The molecule has 0 saturated heterocycles. The fourth-order valence-corrected chi connectivity index (χ4v) is 3.68. The van der Waals surface area contributed by atoms with Crippen LogP contribution in [0.2, 0.25) is 0 Å². The summed E-state index contributed by atoms with van der Waals surface area (Å²) < 4.78 is 1.99. The molecule has 0 saturated carbocycles. The molecule has 26 heavy (non-hydrogen) atoms. The number of thioether (sulfide) groups is 1. The molecule has 0 atom stereocenters. The van der Waals surface area contributed by atoms with Crippen molar-refractivity contribution in [3.05, 3.63) is 71.0 Å². The first-order valence-corrected chi connectivity index (χ1v) is 9.81. The molecule has 0 amide bonds. The van der Waals surface area contributed by atoms with Gasteiger partial charge in [-0.05, 0) is 38.0 Å². The van der Waals surface area contributed by atoms with Gasteiger partial charge in [0.15, 0.2) is 10.9 Å². The van der Waals surface area contributed by atoms with E-state index in [1.165, 1.54) is 22.9 Å². The van der Waals surface area contributed by atoms with Gasteiger partial charge in [0, 0.05) is 11.3 Å². The third kappa shape index (κ3) is 4.22. The minimum absolute atomic E-state index is 0.106. The van der Waals surface area contributed by atoms with Crippen LogP contribution in [0.5, 0.6) is 0 Å². The highest BCUT2D eigenvalue weighted by atomic mass is 32.2. The quantitative estimate of drug-likeness (QED) is 0.445. The topological polar surface area (TPSA) is 47.8 Å². The summed E-state index contributed by atoms with van der Waals surface area (Å²) >= 11 is 1.42. The number of nitrogens with zero attached hydrogens (tertiary/aromatic N) is 3. The normalized spacial score (nSPS) is 10.9. The first-order valence-electron chi connectivity index (χ1n) is 8.82. The molecule has 0 bridgehead atoms. The third-order valence-corrected chi connectivity index (χ3v) is 5.16. The second-order valence-electron chi connectivity index (χ2n) is 6.36. The van der Waals surface area contributed by atoms with Crippen LogP contribution in [0.15, 0.2) is 53.7 Å². The molecule has 3 rings (SSSR count). The maximum atomic E-state index is 12.5. The number of carbonyl (C=O) groups excluding carboxylic acids is 1. The van der Waals surface area contributed by atoms with E-state index in [4.69, 9.17) is 0 Å². The highest BCUT2D eigenvalue weighted by Gasteiger charge is 2.14. The van der Waals surface area contributed by atoms with E-state index in [2.05, 4.69) is 36.2 Å². The number of hydrogen-bond donors (Lipinski definition) is 0. The minimum atomic E-state index is 0.106. The predicted octanol–water partition coefficient (Wildman–Crippen LogP) is 4.81. The molecule has 0 aliphatic rings. The highest BCUT2D eigenvalue weighted by molar-refractivity contribution is 7.99. The third-order valence-electron chi connectivity index (χ3n) is 4.23. The maximum Gasteiger partial charge on any atom is 0.196 e. The van der Waals surface area contributed by atoms with Crippen molar-refractivity contribution in [2.75, 3.05) is 5.75 Å². The summed E-state index contributed by atoms with van der Waals surface area (Å²) in [4.78, 5) is 12.5. The number of ketones is 1. The van der Waals surface area contributed by atoms with E-state index in [-0.39, 0.29) is 5.78 Å². The lowest BCUT2D eigenvalue weighted by atomic mass is 10.1. The first-order chi connectivity index (χ1) is 12.6. The maximum absolute atomic E-state index is 12.5. The van der Waals surface area contributed by atoms with E-state index in [9.17, 15) is 4.79 Å². The summed E-state index contributed by atoms with van der Waals surface area (Å²) in [5.41, 5.74) is 4.23. The van der Waals surface area contributed by atoms with Crippen molar-refractivity contribution < 1.29 is 4.79 Å². The van der Waals surface area contributed by atoms with Crippen molar-refractivity contribution in [1.82, 2.24) is 14.8 Å². The van der Waals surface area contributed by atoms with Crippen LogP contribution >= 0.6 is 11.8 Å². The lowest BCUT2D eigenvalue weighted by Crippen LogP contribution is -2.05. The zero-order chi connectivity index (χ0) is 18.5. The minimum Gasteiger partial charge on any atom is -0.293 e. The smallest absolute Gasteiger partial charge is 0.196 e. The standard InChI is InChI=1S/C21H23N3OS/c1-4-5-17-8-10-18(11-9-17)20(25)14-26-21-23-22-16(3)24(21)19-12-6-15(2)7-13-19/h6-13H,4-5,14H2,1-3H3. The summed E-state index contributed by atoms with van der Waals surface area (Å²) in [6, 6.07) is 16.1. The number of aromatic nitrogens is 3. The number of carbonyl (C=O) groups is 1. The van der Waals surface area contributed by atoms with Gasteiger partial charge in [-0.3, -0.25) is 9.36 Å². The Labute approximate surface area is 158 Å². The Kier molecular flexibility index (Phi) is 5.89. The lowest BCUT2D eigenvalue weighted by molar-refractivity contribution is 0.102. The SMILES string of the molecule is CCCc1ccc(C(=O)CSc2nnc(C)n2-c2ccc(C)cc2)cc1. The monoisotopic (exact) mass is 365 g/mol. The number of Topliss-reactive ketones (excluding diaryl/α,β-unsaturated/α-hetero) is 1. The first kappa shape index (κ1) is 18.4. The molecule has 134 valence electrons. The Morgan fingerprint density at radius 1 is 1.00 bits per heavy atom. The Balaban J connectivity index is 1.72. The molecule has 4 nitrogen and oxygen atoms in total. The number of benzene rings is 2. The second kappa shape index (κ2) is 8.32. The van der Waals surface area contributed by atoms with E-state index < -0.39 is 0 Å². The Morgan fingerprint density at radius 3 is 2.35 bits per heavy atom. The van der Waals surface area contributed by atoms with Crippen molar-refractivity contribution >= 4 is 17.5 Å². The van der Waals surface area contributed by atoms with E-state index >= 15 is 0 Å². The van der Waals surface area contributed by atoms with Gasteiger partial charge < -0.3 is 0 Å². The van der Waals surface area contributed by atoms with Crippen molar-refractivity contribution in [1.29, 1.82) is 0 Å². The molecule has 0 N–H and O–H groups in total. The zero-order valence-corrected chi connectivity index (χ0v) is 16.2. The van der Waals surface area contributed by atoms with E-state index in [0.29, 0.717) is 5.75 Å². The molecule has 1 aromatic heterocycles. The fourth-order valence-electron chi connectivity index (χ4n) is 2.79. The Bertz CT molecular complexity index is 883. The summed E-state index contributed by atoms with van der Waals surface area (Å²) in [6.45, 7) is 6.13. The summed E-state index contributed by atoms with van der Waals surface area (Å²) in [6.07, 6.45) is 2.15. The van der Waals surface area contributed by atoms with Crippen LogP contribution in [-0.2, 0) is 6.42 Å². The molecular weight excluding hydrogens is 342 g/mol. The van der Waals surface area contributed by atoms with Gasteiger partial charge in [0.25, 0.3) is 0 Å². The van der Waals surface area contributed by atoms with Crippen molar-refractivity contribution in [3.8, 4) is 5.69 Å². The van der Waals surface area contributed by atoms with Crippen LogP contribution in [0.4, 0.5) is 0 Å². The van der Waals surface area contributed by atoms with Crippen LogP contribution in [-0.4, -0.2) is 26.3 Å². The molecule has 0 radical (unpaired) electrons. The van der Waals surface area contributed by atoms with Crippen molar-refractivity contribution in [2.24, 2.45) is 0 Å². The van der Waals surface area contributed by atoms with Gasteiger partial charge in [0.1, 0.15) is 5.82 Å². The van der Waals surface area contributed by atoms with Crippen molar-refractivity contribution in [3.63, 3.8) is 0 Å². The van der Waals surface area contributed by atoms with Crippen LogP contribution in [0.1, 0.15) is 40.7 Å². The summed E-state index contributed by atoms with van der Waals surface area (Å²) in [7, 11) is 0. The van der Waals surface area contributed by atoms with Gasteiger partial charge >= 0.3 is 0 Å². The van der Waals surface area contributed by atoms with Gasteiger partial charge in [0.2, 0.25) is 0 Å². The molecule has 0 aliphatic carbocycles. The molecule has 5 heteroatoms. The Hall–Kier alpha value is -2.40. The molecule has 0 aliphatic heterocycles. The number of rotatable bonds is 7. The lowest BCUT2D eigenvalue weighted by Gasteiger charge is -2.08. The molecule has 2 aromatic carbocycles. The molecular formula is C21H23N3OS. The molecule has 1 heterocycles. The summed E-state index contributed by atoms with van der Waals surface area (Å²) in [5, 5.41) is 9.16. The second-order valence-corrected chi connectivity index (χ2v) is 7.30. The zero-order valence-electron chi connectivity index (χ0n) is 15.4. The molecule has 0 spiro atoms. The Morgan fingerprint density at radius 2 is 1.69 bits per heavy atom. The average molecular weight is 366 g/mol. The molecule has 0 fully saturated rings. The largest absolute Gasteiger partial charge is 0.293 e. The van der Waals surface area contributed by atoms with Gasteiger partial charge in [-0.15, -0.1) is 10.2 Å². The average Bonchev–Trinajstić information content (AvgIpc) is 3.02. The van der Waals surface area contributed by atoms with Crippen LogP contribution in [0, 0.1) is 13.8 Å². The highest BCUT2D eigenvalue weighted by Crippen LogP contribution is 2.23. The van der Waals surface area contributed by atoms with Gasteiger partial charge in [0.05, 0.1) is 5.75 Å². The van der Waals surface area contributed by atoms with Crippen LogP contribution in [0.3, 0.4) is 0 Å². The van der Waals surface area contributed by atoms with E-state index in [1.807, 2.05) is 47.9 Å². The van der Waals surface area contributed by atoms with Crippen LogP contribution in [0.25, 0.3) is 5.69 Å². The summed E-state index contributed by atoms with van der Waals surface area (Å²) in [5.74, 6) is 1.26. The fraction of sp³-hybridized carbons (Fsp3) is 0.286. The predicted molar refractivity (Wildman–Crippen MR) is 106 cm³/mol. The molecule has 3 aromatic rings. The van der Waals surface area contributed by atoms with Gasteiger partial charge in [-0.25, -0.2) is 0 Å². The van der Waals surface area contributed by atoms with E-state index in [0.717, 1.165) is 35.1 Å². The number of hydrogen-bond acceptors (Lipinski definition) is 4. The van der Waals surface area contributed by atoms with Gasteiger partial charge in [-0.2, -0.15) is 0 Å². The van der Waals surface area contributed by atoms with Crippen LogP contribution < -0.4 is 0 Å². The van der Waals surface area contributed by atoms with Crippen molar-refractivity contribution in [2.45, 2.75) is 38.8 Å². The van der Waals surface area contributed by atoms with E-state index in [1.54, 1.807) is 0 Å².